The van der Waals surface area contributed by atoms with Crippen molar-refractivity contribution in [3.05, 3.63) is 96.1 Å². The van der Waals surface area contributed by atoms with E-state index in [0.717, 1.165) is 0 Å². The van der Waals surface area contributed by atoms with Crippen LogP contribution < -0.4 is 4.74 Å². The third kappa shape index (κ3) is 2.91. The second-order valence-electron chi connectivity index (χ2n) is 6.08. The maximum atomic E-state index is 12.5. The highest BCUT2D eigenvalue weighted by Gasteiger charge is 2.53. The molecule has 0 saturated heterocycles. The predicted molar refractivity (Wildman–Crippen MR) is 111 cm³/mol. The molecule has 1 spiro atoms. The molecule has 2 aliphatic heterocycles. The summed E-state index contributed by atoms with van der Waals surface area (Å²) in [6, 6.07) is 16.6. The van der Waals surface area contributed by atoms with Gasteiger partial charge in [0.2, 0.25) is 0 Å². The lowest BCUT2D eigenvalue weighted by molar-refractivity contribution is 0.0224. The first-order valence-corrected chi connectivity index (χ1v) is 9.27. The molecule has 5 nitrogen and oxygen atoms in total. The summed E-state index contributed by atoms with van der Waals surface area (Å²) >= 11 is 0. The fraction of sp³-hybridized carbons (Fsp3) is 0.125. The van der Waals surface area contributed by atoms with Gasteiger partial charge >= 0.3 is 5.97 Å². The maximum Gasteiger partial charge on any atom is 0.340 e. The first kappa shape index (κ1) is 20.0. The van der Waals surface area contributed by atoms with Crippen LogP contribution in [0.15, 0.2) is 73.8 Å². The lowest BCUT2D eigenvalue weighted by atomic mass is 9.77. The second-order valence-corrected chi connectivity index (χ2v) is 6.08. The van der Waals surface area contributed by atoms with Crippen LogP contribution in [0.4, 0.5) is 0 Å². The molecule has 5 rings (SSSR count). The fourth-order valence-corrected chi connectivity index (χ4v) is 3.65. The van der Waals surface area contributed by atoms with Gasteiger partial charge in [0.25, 0.3) is 0 Å². The van der Waals surface area contributed by atoms with E-state index in [4.69, 9.17) is 9.47 Å². The highest BCUT2D eigenvalue weighted by Crippen LogP contribution is 2.56. The van der Waals surface area contributed by atoms with Crippen molar-refractivity contribution in [3.8, 4) is 23.0 Å². The van der Waals surface area contributed by atoms with Gasteiger partial charge in [0, 0.05) is 28.8 Å². The molecule has 148 valence electrons. The number of phenols is 2. The molecule has 29 heavy (non-hydrogen) atoms. The van der Waals surface area contributed by atoms with Gasteiger partial charge in [-0.3, -0.25) is 0 Å². The Bertz CT molecular complexity index is 1020. The maximum absolute atomic E-state index is 12.5. The number of hydrogen-bond acceptors (Lipinski definition) is 5. The van der Waals surface area contributed by atoms with Crippen LogP contribution in [0.2, 0.25) is 0 Å². The molecule has 0 atom stereocenters. The van der Waals surface area contributed by atoms with Gasteiger partial charge in [-0.25, -0.2) is 4.79 Å². The van der Waals surface area contributed by atoms with Gasteiger partial charge in [0.1, 0.15) is 23.0 Å². The lowest BCUT2D eigenvalue weighted by Crippen LogP contribution is -2.32. The monoisotopic (exact) mass is 390 g/mol. The molecule has 2 aliphatic rings. The van der Waals surface area contributed by atoms with Crippen molar-refractivity contribution < 1.29 is 24.5 Å². The Morgan fingerprint density at radius 1 is 0.793 bits per heavy atom. The summed E-state index contributed by atoms with van der Waals surface area (Å²) in [4.78, 5) is 12.5. The first-order chi connectivity index (χ1) is 14.1. The quantitative estimate of drug-likeness (QED) is 0.392. The Morgan fingerprint density at radius 3 is 1.86 bits per heavy atom. The molecule has 0 fully saturated rings. The molecule has 3 aromatic rings. The average molecular weight is 390 g/mol. The largest absolute Gasteiger partial charge is 0.508 e. The van der Waals surface area contributed by atoms with E-state index in [0.29, 0.717) is 33.8 Å². The fourth-order valence-electron chi connectivity index (χ4n) is 3.65. The first-order valence-electron chi connectivity index (χ1n) is 9.27. The highest BCUT2D eigenvalue weighted by atomic mass is 16.6. The van der Waals surface area contributed by atoms with Gasteiger partial charge in [-0.1, -0.05) is 32.0 Å². The second kappa shape index (κ2) is 7.72. The Morgan fingerprint density at radius 2 is 1.31 bits per heavy atom. The SMILES string of the molecule is C=C.CC.O=C1OC2(c3ccc(O)cc3Oc3cc(O)ccc32)c2ccccc21. The summed E-state index contributed by atoms with van der Waals surface area (Å²) in [6.07, 6.45) is 0. The van der Waals surface area contributed by atoms with E-state index in [1.54, 1.807) is 24.3 Å². The summed E-state index contributed by atoms with van der Waals surface area (Å²) in [7, 11) is 0. The molecule has 2 N–H and O–H groups in total. The molecule has 0 radical (unpaired) electrons. The number of esters is 1. The van der Waals surface area contributed by atoms with Crippen LogP contribution in [-0.2, 0) is 10.3 Å². The Hall–Kier alpha value is -3.73. The van der Waals surface area contributed by atoms with Crippen LogP contribution in [0, 0.1) is 0 Å². The number of carbonyl (C=O) groups is 1. The van der Waals surface area contributed by atoms with E-state index in [9.17, 15) is 15.0 Å². The molecule has 0 amide bonds. The standard InChI is InChI=1S/C20H12O5.C2H6.C2H4/c21-11-5-7-15-17(9-11)24-18-10-12(22)6-8-16(18)20(15)14-4-2-1-3-13(14)19(23)25-20;2*1-2/h1-10,21-22H;1-2H3;1-2H2. The third-order valence-corrected chi connectivity index (χ3v) is 4.68. The summed E-state index contributed by atoms with van der Waals surface area (Å²) in [5, 5.41) is 19.7. The number of phenolic OH excluding ortho intramolecular Hbond substituents is 2. The molecule has 0 saturated carbocycles. The van der Waals surface area contributed by atoms with Crippen molar-refractivity contribution >= 4 is 5.97 Å². The zero-order chi connectivity index (χ0) is 21.2. The van der Waals surface area contributed by atoms with Crippen molar-refractivity contribution in [1.29, 1.82) is 0 Å². The van der Waals surface area contributed by atoms with Crippen molar-refractivity contribution in [1.82, 2.24) is 0 Å². The lowest BCUT2D eigenvalue weighted by Gasteiger charge is -2.36. The van der Waals surface area contributed by atoms with Gasteiger partial charge in [-0.15, -0.1) is 13.2 Å². The van der Waals surface area contributed by atoms with E-state index < -0.39 is 11.6 Å². The molecule has 3 aromatic carbocycles. The molecule has 2 heterocycles. The number of aromatic hydroxyl groups is 2. The van der Waals surface area contributed by atoms with Crippen LogP contribution in [0.25, 0.3) is 0 Å². The molecular formula is C24H22O5. The van der Waals surface area contributed by atoms with Crippen LogP contribution in [-0.4, -0.2) is 16.2 Å². The van der Waals surface area contributed by atoms with Gasteiger partial charge in [-0.2, -0.15) is 0 Å². The van der Waals surface area contributed by atoms with Crippen LogP contribution >= 0.6 is 0 Å². The average Bonchev–Trinajstić information content (AvgIpc) is 3.04. The van der Waals surface area contributed by atoms with Gasteiger partial charge in [0.15, 0.2) is 5.60 Å². The predicted octanol–water partition coefficient (Wildman–Crippen LogP) is 5.49. The van der Waals surface area contributed by atoms with Gasteiger partial charge < -0.3 is 19.7 Å². The minimum atomic E-state index is -1.17. The van der Waals surface area contributed by atoms with Crippen molar-refractivity contribution in [2.45, 2.75) is 19.4 Å². The van der Waals surface area contributed by atoms with Gasteiger partial charge in [-0.05, 0) is 30.3 Å². The highest BCUT2D eigenvalue weighted by molar-refractivity contribution is 5.97. The van der Waals surface area contributed by atoms with Gasteiger partial charge in [0.05, 0.1) is 5.56 Å². The summed E-state index contributed by atoms with van der Waals surface area (Å²) in [5.41, 5.74) is 1.28. The Kier molecular flexibility index (Phi) is 5.33. The zero-order valence-corrected chi connectivity index (χ0v) is 16.3. The molecule has 5 heteroatoms. The topological polar surface area (TPSA) is 76.0 Å². The number of benzene rings is 3. The summed E-state index contributed by atoms with van der Waals surface area (Å²) in [5.74, 6) is 0.408. The van der Waals surface area contributed by atoms with E-state index in [2.05, 4.69) is 13.2 Å². The third-order valence-electron chi connectivity index (χ3n) is 4.68. The Labute approximate surface area is 169 Å². The number of hydrogen-bond donors (Lipinski definition) is 2. The number of ether oxygens (including phenoxy) is 2. The zero-order valence-electron chi connectivity index (χ0n) is 16.3. The minimum absolute atomic E-state index is 0.0371. The molecule has 0 aromatic heterocycles. The number of fused-ring (bicyclic) bond motifs is 6. The van der Waals surface area contributed by atoms with Crippen LogP contribution in [0.5, 0.6) is 23.0 Å². The minimum Gasteiger partial charge on any atom is -0.508 e. The van der Waals surface area contributed by atoms with E-state index in [1.165, 1.54) is 24.3 Å². The number of carbonyl (C=O) groups excluding carboxylic acids is 1. The van der Waals surface area contributed by atoms with E-state index in [1.807, 2.05) is 26.0 Å². The normalized spacial score (nSPS) is 13.9. The smallest absolute Gasteiger partial charge is 0.340 e. The Balaban J connectivity index is 0.000000568. The van der Waals surface area contributed by atoms with E-state index in [-0.39, 0.29) is 11.5 Å². The van der Waals surface area contributed by atoms with Crippen molar-refractivity contribution in [2.24, 2.45) is 0 Å². The molecular weight excluding hydrogens is 368 g/mol. The molecule has 0 unspecified atom stereocenters. The van der Waals surface area contributed by atoms with E-state index >= 15 is 0 Å². The summed E-state index contributed by atoms with van der Waals surface area (Å²) in [6.45, 7) is 10.0. The van der Waals surface area contributed by atoms with Crippen LogP contribution in [0.1, 0.15) is 40.9 Å². The number of rotatable bonds is 0. The molecule has 0 bridgehead atoms. The van der Waals surface area contributed by atoms with Crippen LogP contribution in [0.3, 0.4) is 0 Å². The summed E-state index contributed by atoms with van der Waals surface area (Å²) < 4.78 is 11.8. The van der Waals surface area contributed by atoms with Crippen molar-refractivity contribution in [3.63, 3.8) is 0 Å². The molecule has 0 aliphatic carbocycles. The van der Waals surface area contributed by atoms with Crippen molar-refractivity contribution in [2.75, 3.05) is 0 Å².